The van der Waals surface area contributed by atoms with Crippen molar-refractivity contribution in [1.29, 1.82) is 0 Å². The highest BCUT2D eigenvalue weighted by Gasteiger charge is 2.15. The lowest BCUT2D eigenvalue weighted by molar-refractivity contribution is -0.116. The van der Waals surface area contributed by atoms with Gasteiger partial charge in [-0.2, -0.15) is 4.98 Å². The second-order valence-electron chi connectivity index (χ2n) is 4.80. The number of anilines is 1. The standard InChI is InChI=1S/C15H15N3O2/c1-9-7-13(18-15(16-9)20-2)11-3-5-12-10(8-11)4-6-14(19)17-12/h3,5,7-8H,4,6H2,1-2H3,(H,17,19). The van der Waals surface area contributed by atoms with Gasteiger partial charge in [-0.1, -0.05) is 6.07 Å². The Hall–Kier alpha value is -2.43. The number of methoxy groups -OCH3 is 1. The van der Waals surface area contributed by atoms with Gasteiger partial charge in [-0.05, 0) is 37.1 Å². The van der Waals surface area contributed by atoms with Crippen LogP contribution >= 0.6 is 0 Å². The Kier molecular flexibility index (Phi) is 3.10. The quantitative estimate of drug-likeness (QED) is 0.909. The third-order valence-electron chi connectivity index (χ3n) is 3.31. The van der Waals surface area contributed by atoms with Crippen molar-refractivity contribution < 1.29 is 9.53 Å². The Bertz CT molecular complexity index is 683. The molecule has 0 bridgehead atoms. The van der Waals surface area contributed by atoms with Crippen molar-refractivity contribution in [2.45, 2.75) is 19.8 Å². The minimum Gasteiger partial charge on any atom is -0.467 e. The van der Waals surface area contributed by atoms with Crippen LogP contribution in [0.1, 0.15) is 17.7 Å². The van der Waals surface area contributed by atoms with Crippen LogP contribution in [-0.2, 0) is 11.2 Å². The molecule has 0 aliphatic carbocycles. The molecule has 5 heteroatoms. The van der Waals surface area contributed by atoms with E-state index in [1.54, 1.807) is 7.11 Å². The summed E-state index contributed by atoms with van der Waals surface area (Å²) in [5.74, 6) is 0.0739. The number of carbonyl (C=O) groups is 1. The van der Waals surface area contributed by atoms with Gasteiger partial charge in [0.25, 0.3) is 0 Å². The van der Waals surface area contributed by atoms with Gasteiger partial charge in [0.15, 0.2) is 0 Å². The van der Waals surface area contributed by atoms with Crippen LogP contribution in [0.25, 0.3) is 11.3 Å². The molecule has 3 rings (SSSR count). The Morgan fingerprint density at radius 2 is 2.05 bits per heavy atom. The molecule has 1 N–H and O–H groups in total. The van der Waals surface area contributed by atoms with E-state index in [2.05, 4.69) is 21.4 Å². The predicted octanol–water partition coefficient (Wildman–Crippen LogP) is 2.35. The lowest BCUT2D eigenvalue weighted by Gasteiger charge is -2.17. The first-order valence-electron chi connectivity index (χ1n) is 6.48. The number of benzene rings is 1. The minimum absolute atomic E-state index is 0.0739. The fourth-order valence-corrected chi connectivity index (χ4v) is 2.32. The van der Waals surface area contributed by atoms with E-state index < -0.39 is 0 Å². The molecule has 0 saturated carbocycles. The number of aromatic nitrogens is 2. The summed E-state index contributed by atoms with van der Waals surface area (Å²) in [5, 5.41) is 2.88. The van der Waals surface area contributed by atoms with Crippen LogP contribution in [0.4, 0.5) is 5.69 Å². The van der Waals surface area contributed by atoms with Crippen LogP contribution in [0, 0.1) is 6.92 Å². The Balaban J connectivity index is 2.03. The Labute approximate surface area is 117 Å². The summed E-state index contributed by atoms with van der Waals surface area (Å²) in [6.07, 6.45) is 1.29. The Morgan fingerprint density at radius 1 is 1.20 bits per heavy atom. The molecule has 102 valence electrons. The number of rotatable bonds is 2. The van der Waals surface area contributed by atoms with Crippen LogP contribution in [-0.4, -0.2) is 23.0 Å². The van der Waals surface area contributed by atoms with E-state index >= 15 is 0 Å². The molecule has 20 heavy (non-hydrogen) atoms. The first-order chi connectivity index (χ1) is 9.65. The SMILES string of the molecule is COc1nc(C)cc(-c2ccc3c(c2)CCC(=O)N3)n1. The average Bonchev–Trinajstić information content (AvgIpc) is 2.46. The number of nitrogens with one attached hydrogen (secondary N) is 1. The summed E-state index contributed by atoms with van der Waals surface area (Å²) in [5.41, 5.74) is 4.72. The molecule has 1 aromatic carbocycles. The minimum atomic E-state index is 0.0739. The highest BCUT2D eigenvalue weighted by molar-refractivity contribution is 5.94. The monoisotopic (exact) mass is 269 g/mol. The molecule has 0 saturated heterocycles. The summed E-state index contributed by atoms with van der Waals surface area (Å²) < 4.78 is 5.10. The molecule has 0 atom stereocenters. The highest BCUT2D eigenvalue weighted by Crippen LogP contribution is 2.28. The number of hydrogen-bond acceptors (Lipinski definition) is 4. The summed E-state index contributed by atoms with van der Waals surface area (Å²) >= 11 is 0. The zero-order chi connectivity index (χ0) is 14.1. The number of hydrogen-bond donors (Lipinski definition) is 1. The smallest absolute Gasteiger partial charge is 0.316 e. The third-order valence-corrected chi connectivity index (χ3v) is 3.31. The highest BCUT2D eigenvalue weighted by atomic mass is 16.5. The third kappa shape index (κ3) is 2.34. The van der Waals surface area contributed by atoms with Crippen molar-refractivity contribution in [1.82, 2.24) is 9.97 Å². The molecule has 1 aliphatic rings. The summed E-state index contributed by atoms with van der Waals surface area (Å²) in [6.45, 7) is 1.91. The summed E-state index contributed by atoms with van der Waals surface area (Å²) in [4.78, 5) is 19.9. The fraction of sp³-hybridized carbons (Fsp3) is 0.267. The number of amides is 1. The molecule has 2 heterocycles. The average molecular weight is 269 g/mol. The van der Waals surface area contributed by atoms with Crippen molar-refractivity contribution in [2.75, 3.05) is 12.4 Å². The molecule has 2 aromatic rings. The topological polar surface area (TPSA) is 64.1 Å². The molecule has 0 unspecified atom stereocenters. The second kappa shape index (κ2) is 4.92. The molecule has 1 aliphatic heterocycles. The lowest BCUT2D eigenvalue weighted by Crippen LogP contribution is -2.18. The van der Waals surface area contributed by atoms with E-state index in [-0.39, 0.29) is 5.91 Å². The van der Waals surface area contributed by atoms with Gasteiger partial charge in [-0.3, -0.25) is 4.79 Å². The first-order valence-corrected chi connectivity index (χ1v) is 6.48. The molecule has 0 radical (unpaired) electrons. The first kappa shape index (κ1) is 12.6. The molecular formula is C15H15N3O2. The molecular weight excluding hydrogens is 254 g/mol. The number of fused-ring (bicyclic) bond motifs is 1. The number of carbonyl (C=O) groups excluding carboxylic acids is 1. The largest absolute Gasteiger partial charge is 0.467 e. The van der Waals surface area contributed by atoms with Gasteiger partial charge in [-0.25, -0.2) is 4.98 Å². The van der Waals surface area contributed by atoms with Gasteiger partial charge in [-0.15, -0.1) is 0 Å². The van der Waals surface area contributed by atoms with E-state index in [1.165, 1.54) is 0 Å². The molecule has 0 fully saturated rings. The zero-order valence-electron chi connectivity index (χ0n) is 11.4. The zero-order valence-corrected chi connectivity index (χ0v) is 11.4. The van der Waals surface area contributed by atoms with Gasteiger partial charge in [0.2, 0.25) is 5.91 Å². The predicted molar refractivity (Wildman–Crippen MR) is 75.7 cm³/mol. The molecule has 5 nitrogen and oxygen atoms in total. The number of ether oxygens (including phenoxy) is 1. The fourth-order valence-electron chi connectivity index (χ4n) is 2.32. The van der Waals surface area contributed by atoms with Crippen molar-refractivity contribution in [3.8, 4) is 17.3 Å². The van der Waals surface area contributed by atoms with E-state index in [0.717, 1.165) is 34.6 Å². The molecule has 1 amide bonds. The molecule has 1 aromatic heterocycles. The van der Waals surface area contributed by atoms with Crippen LogP contribution < -0.4 is 10.1 Å². The van der Waals surface area contributed by atoms with Gasteiger partial charge >= 0.3 is 6.01 Å². The van der Waals surface area contributed by atoms with E-state index in [0.29, 0.717) is 12.4 Å². The van der Waals surface area contributed by atoms with Crippen LogP contribution in [0.15, 0.2) is 24.3 Å². The molecule has 0 spiro atoms. The maximum atomic E-state index is 11.4. The van der Waals surface area contributed by atoms with Crippen LogP contribution in [0.5, 0.6) is 6.01 Å². The van der Waals surface area contributed by atoms with Crippen molar-refractivity contribution >= 4 is 11.6 Å². The second-order valence-corrected chi connectivity index (χ2v) is 4.80. The maximum absolute atomic E-state index is 11.4. The summed E-state index contributed by atoms with van der Waals surface area (Å²) in [7, 11) is 1.56. The van der Waals surface area contributed by atoms with E-state index in [1.807, 2.05) is 25.1 Å². The van der Waals surface area contributed by atoms with E-state index in [4.69, 9.17) is 4.74 Å². The normalized spacial score (nSPS) is 13.6. The lowest BCUT2D eigenvalue weighted by atomic mass is 9.99. The summed E-state index contributed by atoms with van der Waals surface area (Å²) in [6, 6.07) is 8.23. The van der Waals surface area contributed by atoms with Crippen molar-refractivity contribution in [3.05, 3.63) is 35.5 Å². The van der Waals surface area contributed by atoms with Gasteiger partial charge in [0, 0.05) is 23.4 Å². The van der Waals surface area contributed by atoms with Crippen LogP contribution in [0.3, 0.4) is 0 Å². The van der Waals surface area contributed by atoms with Gasteiger partial charge < -0.3 is 10.1 Å². The maximum Gasteiger partial charge on any atom is 0.316 e. The van der Waals surface area contributed by atoms with Gasteiger partial charge in [0.1, 0.15) is 0 Å². The van der Waals surface area contributed by atoms with Gasteiger partial charge in [0.05, 0.1) is 12.8 Å². The van der Waals surface area contributed by atoms with Crippen molar-refractivity contribution in [3.63, 3.8) is 0 Å². The Morgan fingerprint density at radius 3 is 2.85 bits per heavy atom. The number of nitrogens with zero attached hydrogens (tertiary/aromatic N) is 2. The van der Waals surface area contributed by atoms with Crippen LogP contribution in [0.2, 0.25) is 0 Å². The van der Waals surface area contributed by atoms with Crippen molar-refractivity contribution in [2.24, 2.45) is 0 Å². The number of aryl methyl sites for hydroxylation is 2. The van der Waals surface area contributed by atoms with E-state index in [9.17, 15) is 4.79 Å².